The molecule has 0 radical (unpaired) electrons. The molecule has 0 bridgehead atoms. The van der Waals surface area contributed by atoms with Crippen molar-refractivity contribution in [1.29, 1.82) is 0 Å². The number of benzene rings is 1. The van der Waals surface area contributed by atoms with Crippen molar-refractivity contribution in [2.45, 2.75) is 13.0 Å². The molecule has 1 unspecified atom stereocenters. The highest BCUT2D eigenvalue weighted by atomic mass is 19.1. The molecule has 1 N–H and O–H groups in total. The Morgan fingerprint density at radius 1 is 1.30 bits per heavy atom. The third-order valence-corrected chi connectivity index (χ3v) is 2.80. The maximum atomic E-state index is 13.7. The van der Waals surface area contributed by atoms with Gasteiger partial charge in [-0.2, -0.15) is 0 Å². The predicted molar refractivity (Wildman–Crippen MR) is 69.3 cm³/mol. The molecular formula is C13H11F2N3O2. The average Bonchev–Trinajstić information content (AvgIpc) is 2.42. The van der Waals surface area contributed by atoms with E-state index in [9.17, 15) is 18.9 Å². The fourth-order valence-electron chi connectivity index (χ4n) is 1.80. The summed E-state index contributed by atoms with van der Waals surface area (Å²) in [6, 6.07) is 4.30. The molecule has 2 rings (SSSR count). The molecule has 0 saturated heterocycles. The molecule has 2 aromatic rings. The van der Waals surface area contributed by atoms with E-state index in [2.05, 4.69) is 10.3 Å². The second kappa shape index (κ2) is 5.60. The summed E-state index contributed by atoms with van der Waals surface area (Å²) in [5, 5.41) is 13.6. The Morgan fingerprint density at radius 2 is 1.95 bits per heavy atom. The highest BCUT2D eigenvalue weighted by Crippen LogP contribution is 2.31. The summed E-state index contributed by atoms with van der Waals surface area (Å²) in [5.74, 6) is -1.99. The van der Waals surface area contributed by atoms with Crippen LogP contribution >= 0.6 is 0 Å². The molecule has 1 atom stereocenters. The van der Waals surface area contributed by atoms with Crippen molar-refractivity contribution in [3.05, 3.63) is 64.0 Å². The number of nitrogens with one attached hydrogen (secondary N) is 1. The maximum absolute atomic E-state index is 13.7. The molecule has 5 nitrogen and oxygen atoms in total. The monoisotopic (exact) mass is 279 g/mol. The minimum Gasteiger partial charge on any atom is -0.371 e. The van der Waals surface area contributed by atoms with Gasteiger partial charge in [-0.15, -0.1) is 0 Å². The van der Waals surface area contributed by atoms with Crippen molar-refractivity contribution >= 4 is 11.4 Å². The molecule has 0 saturated carbocycles. The largest absolute Gasteiger partial charge is 0.371 e. The highest BCUT2D eigenvalue weighted by molar-refractivity contribution is 5.63. The summed E-state index contributed by atoms with van der Waals surface area (Å²) in [7, 11) is 0. The molecule has 0 spiro atoms. The van der Waals surface area contributed by atoms with Crippen LogP contribution in [-0.2, 0) is 0 Å². The van der Waals surface area contributed by atoms with Crippen LogP contribution in [0.4, 0.5) is 20.2 Å². The van der Waals surface area contributed by atoms with Crippen LogP contribution in [0.1, 0.15) is 18.5 Å². The maximum Gasteiger partial charge on any atom is 0.298 e. The zero-order valence-corrected chi connectivity index (χ0v) is 10.5. The van der Waals surface area contributed by atoms with Crippen LogP contribution < -0.4 is 5.32 Å². The first-order valence-electron chi connectivity index (χ1n) is 5.79. The van der Waals surface area contributed by atoms with Crippen LogP contribution in [0.15, 0.2) is 36.7 Å². The first-order chi connectivity index (χ1) is 9.49. The summed E-state index contributed by atoms with van der Waals surface area (Å²) in [6.07, 6.45) is 3.12. The zero-order chi connectivity index (χ0) is 14.7. The van der Waals surface area contributed by atoms with Crippen molar-refractivity contribution in [3.63, 3.8) is 0 Å². The Kier molecular flexibility index (Phi) is 3.88. The van der Waals surface area contributed by atoms with Crippen molar-refractivity contribution in [3.8, 4) is 0 Å². The SMILES string of the molecule is CC(Nc1c(F)cc(F)cc1[N+](=O)[O-])c1ccncc1. The number of halogens is 2. The number of anilines is 1. The Bertz CT molecular complexity index is 635. The second-order valence-corrected chi connectivity index (χ2v) is 4.19. The first kappa shape index (κ1) is 13.9. The number of nitro benzene ring substituents is 1. The molecular weight excluding hydrogens is 268 g/mol. The second-order valence-electron chi connectivity index (χ2n) is 4.19. The molecule has 0 aliphatic heterocycles. The molecule has 20 heavy (non-hydrogen) atoms. The first-order valence-corrected chi connectivity index (χ1v) is 5.79. The summed E-state index contributed by atoms with van der Waals surface area (Å²) in [5.41, 5.74) is -0.192. The van der Waals surface area contributed by atoms with Gasteiger partial charge in [0.25, 0.3) is 5.69 Å². The quantitative estimate of drug-likeness (QED) is 0.687. The summed E-state index contributed by atoms with van der Waals surface area (Å²) < 4.78 is 26.8. The van der Waals surface area contributed by atoms with Crippen molar-refractivity contribution in [2.75, 3.05) is 5.32 Å². The minimum atomic E-state index is -1.00. The molecule has 0 fully saturated rings. The lowest BCUT2D eigenvalue weighted by molar-refractivity contribution is -0.384. The van der Waals surface area contributed by atoms with Gasteiger partial charge in [0.2, 0.25) is 0 Å². The van der Waals surface area contributed by atoms with E-state index in [0.717, 1.165) is 5.56 Å². The lowest BCUT2D eigenvalue weighted by atomic mass is 10.1. The molecule has 0 aliphatic rings. The van der Waals surface area contributed by atoms with E-state index in [1.165, 1.54) is 0 Å². The normalized spacial score (nSPS) is 11.9. The Labute approximate surface area is 113 Å². The van der Waals surface area contributed by atoms with Gasteiger partial charge in [-0.3, -0.25) is 15.1 Å². The van der Waals surface area contributed by atoms with Crippen molar-refractivity contribution in [2.24, 2.45) is 0 Å². The number of aromatic nitrogens is 1. The number of hydrogen-bond acceptors (Lipinski definition) is 4. The van der Waals surface area contributed by atoms with E-state index in [-0.39, 0.29) is 5.69 Å². The molecule has 1 aromatic carbocycles. The van der Waals surface area contributed by atoms with Gasteiger partial charge in [-0.25, -0.2) is 8.78 Å². The van der Waals surface area contributed by atoms with Gasteiger partial charge < -0.3 is 5.32 Å². The van der Waals surface area contributed by atoms with Crippen LogP contribution in [0.25, 0.3) is 0 Å². The number of hydrogen-bond donors (Lipinski definition) is 1. The molecule has 0 amide bonds. The summed E-state index contributed by atoms with van der Waals surface area (Å²) in [4.78, 5) is 13.9. The Balaban J connectivity index is 2.36. The number of pyridine rings is 1. The molecule has 104 valence electrons. The van der Waals surface area contributed by atoms with Crippen LogP contribution in [0, 0.1) is 21.7 Å². The number of nitro groups is 1. The standard InChI is InChI=1S/C13H11F2N3O2/c1-8(9-2-4-16-5-3-9)17-13-11(15)6-10(14)7-12(13)18(19)20/h2-8,17H,1H3. The molecule has 0 aliphatic carbocycles. The van der Waals surface area contributed by atoms with Crippen LogP contribution in [-0.4, -0.2) is 9.91 Å². The number of nitrogens with zero attached hydrogens (tertiary/aromatic N) is 2. The van der Waals surface area contributed by atoms with Gasteiger partial charge >= 0.3 is 0 Å². The van der Waals surface area contributed by atoms with Gasteiger partial charge in [-0.1, -0.05) is 0 Å². The highest BCUT2D eigenvalue weighted by Gasteiger charge is 2.22. The van der Waals surface area contributed by atoms with Gasteiger partial charge in [0, 0.05) is 24.5 Å². The van der Waals surface area contributed by atoms with E-state index in [1.54, 1.807) is 31.5 Å². The smallest absolute Gasteiger partial charge is 0.298 e. The lowest BCUT2D eigenvalue weighted by Gasteiger charge is -2.16. The van der Waals surface area contributed by atoms with Gasteiger partial charge in [0.15, 0.2) is 5.82 Å². The van der Waals surface area contributed by atoms with Crippen molar-refractivity contribution in [1.82, 2.24) is 4.98 Å². The average molecular weight is 279 g/mol. The molecule has 7 heteroatoms. The van der Waals surface area contributed by atoms with Crippen LogP contribution in [0.3, 0.4) is 0 Å². The lowest BCUT2D eigenvalue weighted by Crippen LogP contribution is -2.10. The van der Waals surface area contributed by atoms with E-state index in [4.69, 9.17) is 0 Å². The van der Waals surface area contributed by atoms with Gasteiger partial charge in [0.1, 0.15) is 11.5 Å². The van der Waals surface area contributed by atoms with E-state index < -0.39 is 28.3 Å². The predicted octanol–water partition coefficient (Wildman–Crippen LogP) is 3.44. The summed E-state index contributed by atoms with van der Waals surface area (Å²) >= 11 is 0. The fourth-order valence-corrected chi connectivity index (χ4v) is 1.80. The Morgan fingerprint density at radius 3 is 2.55 bits per heavy atom. The molecule has 1 heterocycles. The Hall–Kier alpha value is -2.57. The van der Waals surface area contributed by atoms with E-state index in [0.29, 0.717) is 12.1 Å². The van der Waals surface area contributed by atoms with E-state index >= 15 is 0 Å². The van der Waals surface area contributed by atoms with Crippen LogP contribution in [0.2, 0.25) is 0 Å². The van der Waals surface area contributed by atoms with Crippen LogP contribution in [0.5, 0.6) is 0 Å². The number of rotatable bonds is 4. The van der Waals surface area contributed by atoms with Crippen molar-refractivity contribution < 1.29 is 13.7 Å². The minimum absolute atomic E-state index is 0.333. The zero-order valence-electron chi connectivity index (χ0n) is 10.5. The third-order valence-electron chi connectivity index (χ3n) is 2.80. The third kappa shape index (κ3) is 2.87. The fraction of sp³-hybridized carbons (Fsp3) is 0.154. The van der Waals surface area contributed by atoms with Gasteiger partial charge in [-0.05, 0) is 24.6 Å². The van der Waals surface area contributed by atoms with E-state index in [1.807, 2.05) is 0 Å². The topological polar surface area (TPSA) is 68.1 Å². The molecule has 1 aromatic heterocycles. The summed E-state index contributed by atoms with van der Waals surface area (Å²) in [6.45, 7) is 1.71. The van der Waals surface area contributed by atoms with Gasteiger partial charge in [0.05, 0.1) is 11.0 Å².